The van der Waals surface area contributed by atoms with Crippen molar-refractivity contribution < 1.29 is 9.90 Å². The molecule has 1 unspecified atom stereocenters. The molecule has 1 amide bonds. The summed E-state index contributed by atoms with van der Waals surface area (Å²) in [5.41, 5.74) is 2.45. The molecule has 1 aliphatic heterocycles. The number of aliphatic hydroxyl groups is 1. The zero-order chi connectivity index (χ0) is 14.5. The van der Waals surface area contributed by atoms with Gasteiger partial charge in [-0.15, -0.1) is 0 Å². The average Bonchev–Trinajstić information content (AvgIpc) is 2.46. The van der Waals surface area contributed by atoms with Crippen molar-refractivity contribution in [3.05, 3.63) is 34.9 Å². The summed E-state index contributed by atoms with van der Waals surface area (Å²) in [4.78, 5) is 14.6. The Kier molecular flexibility index (Phi) is 5.11. The first-order valence-electron chi connectivity index (χ1n) is 6.72. The molecule has 1 aliphatic rings. The van der Waals surface area contributed by atoms with Crippen LogP contribution in [0, 0.1) is 18.8 Å². The summed E-state index contributed by atoms with van der Waals surface area (Å²) < 4.78 is 0. The van der Waals surface area contributed by atoms with Crippen LogP contribution in [0.2, 0.25) is 0 Å². The zero-order valence-electron chi connectivity index (χ0n) is 11.8. The number of hydrogen-bond acceptors (Lipinski definition) is 3. The van der Waals surface area contributed by atoms with Gasteiger partial charge in [-0.2, -0.15) is 11.8 Å². The maximum atomic E-state index is 12.7. The predicted molar refractivity (Wildman–Crippen MR) is 83.0 cm³/mol. The van der Waals surface area contributed by atoms with Gasteiger partial charge in [0, 0.05) is 35.2 Å². The molecule has 0 aromatic heterocycles. The molecule has 4 heteroatoms. The van der Waals surface area contributed by atoms with Gasteiger partial charge in [-0.3, -0.25) is 4.79 Å². The third-order valence-electron chi connectivity index (χ3n) is 3.41. The lowest BCUT2D eigenvalue weighted by molar-refractivity contribution is 0.0715. The maximum absolute atomic E-state index is 12.7. The van der Waals surface area contributed by atoms with Crippen molar-refractivity contribution in [3.63, 3.8) is 0 Å². The van der Waals surface area contributed by atoms with Gasteiger partial charge in [-0.25, -0.2) is 0 Å². The van der Waals surface area contributed by atoms with E-state index in [1.807, 2.05) is 41.8 Å². The molecule has 0 saturated carbocycles. The number of aliphatic hydroxyl groups excluding tert-OH is 1. The number of thioether (sulfide) groups is 1. The lowest BCUT2D eigenvalue weighted by Gasteiger charge is -2.33. The van der Waals surface area contributed by atoms with E-state index in [4.69, 9.17) is 5.11 Å². The summed E-state index contributed by atoms with van der Waals surface area (Å²) in [6, 6.07) is 5.89. The minimum absolute atomic E-state index is 0.0861. The van der Waals surface area contributed by atoms with E-state index in [0.29, 0.717) is 5.56 Å². The number of hydrogen-bond donors (Lipinski definition) is 1. The second-order valence-corrected chi connectivity index (χ2v) is 6.06. The summed E-state index contributed by atoms with van der Waals surface area (Å²) in [6.07, 6.45) is 0. The van der Waals surface area contributed by atoms with Crippen molar-refractivity contribution in [2.45, 2.75) is 19.9 Å². The number of aryl methyl sites for hydroxylation is 1. The van der Waals surface area contributed by atoms with E-state index in [1.165, 1.54) is 0 Å². The van der Waals surface area contributed by atoms with Crippen molar-refractivity contribution in [1.82, 2.24) is 4.90 Å². The largest absolute Gasteiger partial charge is 0.384 e. The maximum Gasteiger partial charge on any atom is 0.254 e. The molecule has 20 heavy (non-hydrogen) atoms. The third kappa shape index (κ3) is 3.36. The van der Waals surface area contributed by atoms with Crippen LogP contribution in [0.25, 0.3) is 0 Å². The van der Waals surface area contributed by atoms with E-state index in [2.05, 4.69) is 18.8 Å². The van der Waals surface area contributed by atoms with Gasteiger partial charge in [0.15, 0.2) is 0 Å². The Bertz CT molecular complexity index is 559. The van der Waals surface area contributed by atoms with Crippen LogP contribution in [0.5, 0.6) is 0 Å². The predicted octanol–water partition coefficient (Wildman–Crippen LogP) is 1.92. The SMILES string of the molecule is Cc1ccc(C#CCO)cc1C(=O)N1CCSCC1C. The van der Waals surface area contributed by atoms with Crippen LogP contribution in [0.1, 0.15) is 28.4 Å². The number of benzene rings is 1. The molecule has 1 aromatic carbocycles. The molecular weight excluding hydrogens is 270 g/mol. The van der Waals surface area contributed by atoms with Gasteiger partial charge >= 0.3 is 0 Å². The molecule has 1 heterocycles. The molecule has 0 spiro atoms. The van der Waals surface area contributed by atoms with Crippen molar-refractivity contribution in [1.29, 1.82) is 0 Å². The lowest BCUT2D eigenvalue weighted by Crippen LogP contribution is -2.44. The Hall–Kier alpha value is -1.44. The molecule has 0 radical (unpaired) electrons. The highest BCUT2D eigenvalue weighted by Crippen LogP contribution is 2.20. The van der Waals surface area contributed by atoms with Crippen molar-refractivity contribution in [2.24, 2.45) is 0 Å². The fraction of sp³-hybridized carbons (Fsp3) is 0.438. The quantitative estimate of drug-likeness (QED) is 0.803. The summed E-state index contributed by atoms with van der Waals surface area (Å²) >= 11 is 1.89. The minimum atomic E-state index is -0.169. The highest BCUT2D eigenvalue weighted by molar-refractivity contribution is 7.99. The molecule has 1 atom stereocenters. The molecule has 2 rings (SSSR count). The second-order valence-electron chi connectivity index (χ2n) is 4.91. The summed E-state index contributed by atoms with van der Waals surface area (Å²) in [7, 11) is 0. The molecule has 1 aromatic rings. The number of nitrogens with zero attached hydrogens (tertiary/aromatic N) is 1. The highest BCUT2D eigenvalue weighted by atomic mass is 32.2. The topological polar surface area (TPSA) is 40.5 Å². The number of rotatable bonds is 1. The number of carbonyl (C=O) groups excluding carboxylic acids is 1. The second kappa shape index (κ2) is 6.83. The summed E-state index contributed by atoms with van der Waals surface area (Å²) in [5, 5.41) is 8.75. The van der Waals surface area contributed by atoms with E-state index < -0.39 is 0 Å². The van der Waals surface area contributed by atoms with E-state index in [9.17, 15) is 4.79 Å². The molecule has 0 aliphatic carbocycles. The Balaban J connectivity index is 2.28. The number of carbonyl (C=O) groups is 1. The van der Waals surface area contributed by atoms with Crippen molar-refractivity contribution in [2.75, 3.05) is 24.7 Å². The Morgan fingerprint density at radius 1 is 1.55 bits per heavy atom. The van der Waals surface area contributed by atoms with Gasteiger partial charge in [0.05, 0.1) is 0 Å². The van der Waals surface area contributed by atoms with Crippen molar-refractivity contribution >= 4 is 17.7 Å². The van der Waals surface area contributed by atoms with Crippen LogP contribution in [0.3, 0.4) is 0 Å². The third-order valence-corrected chi connectivity index (χ3v) is 4.60. The standard InChI is InChI=1S/C16H19NO2S/c1-12-5-6-14(4-3-8-18)10-15(12)16(19)17-7-9-20-11-13(17)2/h5-6,10,13,18H,7-9,11H2,1-2H3. The fourth-order valence-corrected chi connectivity index (χ4v) is 3.27. The van der Waals surface area contributed by atoms with E-state index in [1.54, 1.807) is 0 Å². The van der Waals surface area contributed by atoms with E-state index >= 15 is 0 Å². The van der Waals surface area contributed by atoms with Crippen LogP contribution in [-0.2, 0) is 0 Å². The van der Waals surface area contributed by atoms with Gasteiger partial charge in [-0.05, 0) is 31.5 Å². The first kappa shape index (κ1) is 15.0. The van der Waals surface area contributed by atoms with Gasteiger partial charge in [0.1, 0.15) is 6.61 Å². The first-order chi connectivity index (χ1) is 9.63. The van der Waals surface area contributed by atoms with E-state index in [-0.39, 0.29) is 18.6 Å². The molecule has 106 valence electrons. The van der Waals surface area contributed by atoms with Crippen LogP contribution in [0.15, 0.2) is 18.2 Å². The van der Waals surface area contributed by atoms with Gasteiger partial charge in [-0.1, -0.05) is 17.9 Å². The van der Waals surface area contributed by atoms with Crippen LogP contribution in [-0.4, -0.2) is 46.6 Å². The van der Waals surface area contributed by atoms with Crippen LogP contribution in [0.4, 0.5) is 0 Å². The van der Waals surface area contributed by atoms with Crippen molar-refractivity contribution in [3.8, 4) is 11.8 Å². The molecule has 1 saturated heterocycles. The molecular formula is C16H19NO2S. The fourth-order valence-electron chi connectivity index (χ4n) is 2.26. The summed E-state index contributed by atoms with van der Waals surface area (Å²) in [5.74, 6) is 7.55. The normalized spacial score (nSPS) is 18.4. The monoisotopic (exact) mass is 289 g/mol. The smallest absolute Gasteiger partial charge is 0.254 e. The summed E-state index contributed by atoms with van der Waals surface area (Å²) in [6.45, 7) is 4.67. The van der Waals surface area contributed by atoms with Gasteiger partial charge < -0.3 is 10.0 Å². The van der Waals surface area contributed by atoms with Gasteiger partial charge in [0.2, 0.25) is 0 Å². The molecule has 3 nitrogen and oxygen atoms in total. The Morgan fingerprint density at radius 2 is 2.35 bits per heavy atom. The van der Waals surface area contributed by atoms with Crippen LogP contribution < -0.4 is 0 Å². The molecule has 1 fully saturated rings. The molecule has 0 bridgehead atoms. The first-order valence-corrected chi connectivity index (χ1v) is 7.88. The Morgan fingerprint density at radius 3 is 3.05 bits per heavy atom. The average molecular weight is 289 g/mol. The zero-order valence-corrected chi connectivity index (χ0v) is 12.7. The van der Waals surface area contributed by atoms with Crippen LogP contribution >= 0.6 is 11.8 Å². The minimum Gasteiger partial charge on any atom is -0.384 e. The Labute approximate surface area is 124 Å². The van der Waals surface area contributed by atoms with Gasteiger partial charge in [0.25, 0.3) is 5.91 Å². The highest BCUT2D eigenvalue weighted by Gasteiger charge is 2.25. The lowest BCUT2D eigenvalue weighted by atomic mass is 10.0. The van der Waals surface area contributed by atoms with E-state index in [0.717, 1.165) is 29.2 Å². The number of amides is 1. The molecule has 1 N–H and O–H groups in total.